The van der Waals surface area contributed by atoms with E-state index in [1.54, 1.807) is 25.1 Å². The van der Waals surface area contributed by atoms with Crippen molar-refractivity contribution in [3.63, 3.8) is 0 Å². The smallest absolute Gasteiger partial charge is 0.126 e. The Morgan fingerprint density at radius 1 is 0.900 bits per heavy atom. The lowest BCUT2D eigenvalue weighted by Gasteiger charge is -2.43. The van der Waals surface area contributed by atoms with Crippen LogP contribution in [0.1, 0.15) is 23.5 Å². The molecule has 0 amide bonds. The highest BCUT2D eigenvalue weighted by atomic mass is 19.1. The van der Waals surface area contributed by atoms with Crippen molar-refractivity contribution in [2.75, 3.05) is 13.2 Å². The first-order chi connectivity index (χ1) is 14.3. The average Bonchev–Trinajstić information content (AvgIpc) is 2.70. The number of halogens is 2. The highest BCUT2D eigenvalue weighted by Crippen LogP contribution is 2.36. The fourth-order valence-electron chi connectivity index (χ4n) is 4.09. The lowest BCUT2D eigenvalue weighted by molar-refractivity contribution is -0.235. The number of hydrogen-bond acceptors (Lipinski definition) is 6. The van der Waals surface area contributed by atoms with Gasteiger partial charge in [-0.2, -0.15) is 0 Å². The number of ether oxygens (including phenoxy) is 1. The van der Waals surface area contributed by atoms with Gasteiger partial charge in [-0.3, -0.25) is 0 Å². The summed E-state index contributed by atoms with van der Waals surface area (Å²) in [5, 5.41) is 49.6. The number of hydrogen-bond donors (Lipinski definition) is 5. The second kappa shape index (κ2) is 9.47. The maximum atomic E-state index is 13.6. The van der Waals surface area contributed by atoms with E-state index in [2.05, 4.69) is 0 Å². The van der Waals surface area contributed by atoms with E-state index < -0.39 is 54.7 Å². The molecule has 2 aromatic carbocycles. The molecule has 0 spiro atoms. The van der Waals surface area contributed by atoms with Crippen LogP contribution in [0.5, 0.6) is 0 Å². The van der Waals surface area contributed by atoms with Gasteiger partial charge in [-0.05, 0) is 47.7 Å². The van der Waals surface area contributed by atoms with Crippen LogP contribution in [0.2, 0.25) is 0 Å². The van der Waals surface area contributed by atoms with Gasteiger partial charge in [0.15, 0.2) is 0 Å². The third-order valence-electron chi connectivity index (χ3n) is 5.63. The van der Waals surface area contributed by atoms with Crippen LogP contribution >= 0.6 is 0 Å². The van der Waals surface area contributed by atoms with Gasteiger partial charge in [0.05, 0.1) is 12.7 Å². The van der Waals surface area contributed by atoms with Crippen LogP contribution < -0.4 is 0 Å². The monoisotopic (exact) mass is 424 g/mol. The summed E-state index contributed by atoms with van der Waals surface area (Å²) < 4.78 is 32.8. The number of aliphatic hydroxyl groups is 5. The molecule has 1 fully saturated rings. The Hall–Kier alpha value is -1.94. The molecule has 164 valence electrons. The van der Waals surface area contributed by atoms with Crippen molar-refractivity contribution >= 4 is 0 Å². The van der Waals surface area contributed by atoms with Crippen molar-refractivity contribution in [3.8, 4) is 11.1 Å². The van der Waals surface area contributed by atoms with Crippen LogP contribution in [0.3, 0.4) is 0 Å². The lowest BCUT2D eigenvalue weighted by atomic mass is 9.80. The molecule has 8 heteroatoms. The molecule has 30 heavy (non-hydrogen) atoms. The second-order valence-corrected chi connectivity index (χ2v) is 7.64. The Labute approximate surface area is 173 Å². The molecule has 2 aromatic rings. The standard InChI is InChI=1S/C22H26F2O6/c1-11-6-12(13-7-14(23)9-15(24)8-13)2-3-16(11)17(4-5-25)22-21(29)20(28)19(27)18(10-26)30-22/h2-3,6-9,17-22,25-29H,4-5,10H2,1H3/t17-,18-,19-,20+,21+,22-/m1/s1. The van der Waals surface area contributed by atoms with Crippen LogP contribution in [-0.2, 0) is 4.74 Å². The zero-order valence-electron chi connectivity index (χ0n) is 16.4. The summed E-state index contributed by atoms with van der Waals surface area (Å²) in [5.41, 5.74) is 2.39. The predicted molar refractivity (Wildman–Crippen MR) is 105 cm³/mol. The van der Waals surface area contributed by atoms with Gasteiger partial charge in [0.1, 0.15) is 36.1 Å². The number of benzene rings is 2. The van der Waals surface area contributed by atoms with Gasteiger partial charge < -0.3 is 30.3 Å². The molecule has 1 aliphatic heterocycles. The van der Waals surface area contributed by atoms with E-state index in [1.165, 1.54) is 12.1 Å². The van der Waals surface area contributed by atoms with Crippen LogP contribution in [0.4, 0.5) is 8.78 Å². The van der Waals surface area contributed by atoms with Gasteiger partial charge >= 0.3 is 0 Å². The van der Waals surface area contributed by atoms with Crippen molar-refractivity contribution in [2.45, 2.75) is 49.8 Å². The summed E-state index contributed by atoms with van der Waals surface area (Å²) in [6.45, 7) is 1.01. The Morgan fingerprint density at radius 3 is 2.13 bits per heavy atom. The molecule has 0 radical (unpaired) electrons. The summed E-state index contributed by atoms with van der Waals surface area (Å²) >= 11 is 0. The molecular formula is C22H26F2O6. The topological polar surface area (TPSA) is 110 Å². The third-order valence-corrected chi connectivity index (χ3v) is 5.63. The molecule has 0 unspecified atom stereocenters. The molecule has 1 heterocycles. The largest absolute Gasteiger partial charge is 0.396 e. The Morgan fingerprint density at radius 2 is 1.57 bits per heavy atom. The zero-order chi connectivity index (χ0) is 22.0. The van der Waals surface area contributed by atoms with Gasteiger partial charge in [-0.25, -0.2) is 8.78 Å². The Kier molecular flexibility index (Phi) is 7.18. The highest BCUT2D eigenvalue weighted by Gasteiger charge is 2.46. The van der Waals surface area contributed by atoms with Crippen molar-refractivity contribution in [3.05, 3.63) is 59.2 Å². The maximum Gasteiger partial charge on any atom is 0.126 e. The third kappa shape index (κ3) is 4.54. The second-order valence-electron chi connectivity index (χ2n) is 7.64. The van der Waals surface area contributed by atoms with Crippen molar-refractivity contribution in [1.29, 1.82) is 0 Å². The molecule has 6 nitrogen and oxygen atoms in total. The summed E-state index contributed by atoms with van der Waals surface area (Å²) in [5.74, 6) is -1.93. The molecule has 0 aliphatic carbocycles. The normalized spacial score (nSPS) is 27.8. The predicted octanol–water partition coefficient (Wildman–Crippen LogP) is 1.25. The molecule has 3 rings (SSSR count). The van der Waals surface area contributed by atoms with Crippen LogP contribution in [-0.4, -0.2) is 69.3 Å². The molecular weight excluding hydrogens is 398 g/mol. The van der Waals surface area contributed by atoms with E-state index >= 15 is 0 Å². The van der Waals surface area contributed by atoms with E-state index in [0.717, 1.165) is 11.6 Å². The van der Waals surface area contributed by atoms with E-state index in [4.69, 9.17) is 4.74 Å². The molecule has 1 saturated heterocycles. The van der Waals surface area contributed by atoms with Crippen molar-refractivity contribution < 1.29 is 39.1 Å². The maximum absolute atomic E-state index is 13.6. The van der Waals surface area contributed by atoms with Crippen LogP contribution in [0.25, 0.3) is 11.1 Å². The Bertz CT molecular complexity index is 854. The van der Waals surface area contributed by atoms with E-state index in [1.807, 2.05) is 0 Å². The summed E-state index contributed by atoms with van der Waals surface area (Å²) in [6, 6.07) is 8.36. The van der Waals surface area contributed by atoms with E-state index in [9.17, 15) is 34.3 Å². The Balaban J connectivity index is 1.96. The molecule has 0 bridgehead atoms. The SMILES string of the molecule is Cc1cc(-c2cc(F)cc(F)c2)ccc1[C@@H](CCO)[C@H]1O[C@H](CO)[C@@H](O)[C@H](O)[C@@H]1O. The molecule has 0 saturated carbocycles. The fraction of sp³-hybridized carbons (Fsp3) is 0.455. The van der Waals surface area contributed by atoms with Gasteiger partial charge in [0.2, 0.25) is 0 Å². The average molecular weight is 424 g/mol. The van der Waals surface area contributed by atoms with Gasteiger partial charge in [0.25, 0.3) is 0 Å². The van der Waals surface area contributed by atoms with Crippen LogP contribution in [0, 0.1) is 18.6 Å². The quantitative estimate of drug-likeness (QED) is 0.478. The molecule has 0 aromatic heterocycles. The number of aliphatic hydroxyl groups excluding tert-OH is 5. The summed E-state index contributed by atoms with van der Waals surface area (Å²) in [7, 11) is 0. The molecule has 5 N–H and O–H groups in total. The highest BCUT2D eigenvalue weighted by molar-refractivity contribution is 5.65. The first-order valence-corrected chi connectivity index (χ1v) is 9.75. The first kappa shape index (κ1) is 22.7. The van der Waals surface area contributed by atoms with Crippen LogP contribution in [0.15, 0.2) is 36.4 Å². The van der Waals surface area contributed by atoms with Gasteiger partial charge in [-0.15, -0.1) is 0 Å². The molecule has 1 aliphatic rings. The molecule has 6 atom stereocenters. The number of rotatable bonds is 6. The summed E-state index contributed by atoms with van der Waals surface area (Å²) in [4.78, 5) is 0. The minimum Gasteiger partial charge on any atom is -0.396 e. The van der Waals surface area contributed by atoms with E-state index in [0.29, 0.717) is 16.7 Å². The van der Waals surface area contributed by atoms with Gasteiger partial charge in [0, 0.05) is 18.6 Å². The van der Waals surface area contributed by atoms with Gasteiger partial charge in [-0.1, -0.05) is 18.2 Å². The number of aryl methyl sites for hydroxylation is 1. The minimum absolute atomic E-state index is 0.192. The minimum atomic E-state index is -1.52. The van der Waals surface area contributed by atoms with E-state index in [-0.39, 0.29) is 13.0 Å². The first-order valence-electron chi connectivity index (χ1n) is 9.75. The zero-order valence-corrected chi connectivity index (χ0v) is 16.4. The lowest BCUT2D eigenvalue weighted by Crippen LogP contribution is -2.60. The summed E-state index contributed by atoms with van der Waals surface area (Å²) in [6.07, 6.45) is -6.26. The fourth-order valence-corrected chi connectivity index (χ4v) is 4.09. The van der Waals surface area contributed by atoms with Crippen molar-refractivity contribution in [2.24, 2.45) is 0 Å². The van der Waals surface area contributed by atoms with Crippen molar-refractivity contribution in [1.82, 2.24) is 0 Å².